The van der Waals surface area contributed by atoms with Crippen molar-refractivity contribution in [2.24, 2.45) is 5.41 Å². The molecular formula is C12H22O3. The van der Waals surface area contributed by atoms with E-state index in [9.17, 15) is 9.90 Å². The summed E-state index contributed by atoms with van der Waals surface area (Å²) in [5.41, 5.74) is -0.985. The standard InChI is InChI=1S/C12H22O3/c1-5-11(3,4)10(13)15-9-7-12(14,6-2)8-9/h9,14H,5-8H2,1-4H3. The molecule has 0 aromatic rings. The lowest BCUT2D eigenvalue weighted by atomic mass is 9.75. The first-order valence-electron chi connectivity index (χ1n) is 5.76. The minimum atomic E-state index is -0.582. The van der Waals surface area contributed by atoms with Crippen LogP contribution < -0.4 is 0 Å². The lowest BCUT2D eigenvalue weighted by Gasteiger charge is -2.43. The summed E-state index contributed by atoms with van der Waals surface area (Å²) < 4.78 is 5.34. The van der Waals surface area contributed by atoms with Gasteiger partial charge in [0.25, 0.3) is 0 Å². The van der Waals surface area contributed by atoms with Crippen LogP contribution in [0.1, 0.15) is 53.4 Å². The summed E-state index contributed by atoms with van der Waals surface area (Å²) in [5, 5.41) is 9.77. The Morgan fingerprint density at radius 3 is 2.40 bits per heavy atom. The van der Waals surface area contributed by atoms with Crippen molar-refractivity contribution >= 4 is 5.97 Å². The molecule has 1 N–H and O–H groups in total. The Morgan fingerprint density at radius 2 is 2.00 bits per heavy atom. The van der Waals surface area contributed by atoms with Crippen LogP contribution in [-0.4, -0.2) is 22.8 Å². The quantitative estimate of drug-likeness (QED) is 0.730. The number of hydrogen-bond acceptors (Lipinski definition) is 3. The molecule has 1 saturated carbocycles. The van der Waals surface area contributed by atoms with Crippen molar-refractivity contribution in [2.75, 3.05) is 0 Å². The van der Waals surface area contributed by atoms with Crippen molar-refractivity contribution in [2.45, 2.75) is 65.1 Å². The molecule has 0 amide bonds. The molecule has 15 heavy (non-hydrogen) atoms. The van der Waals surface area contributed by atoms with Gasteiger partial charge in [0, 0.05) is 12.8 Å². The minimum absolute atomic E-state index is 0.0757. The highest BCUT2D eigenvalue weighted by Crippen LogP contribution is 2.38. The summed E-state index contributed by atoms with van der Waals surface area (Å²) >= 11 is 0. The number of hydrogen-bond donors (Lipinski definition) is 1. The van der Waals surface area contributed by atoms with Crippen molar-refractivity contribution in [3.63, 3.8) is 0 Å². The highest BCUT2D eigenvalue weighted by atomic mass is 16.5. The Morgan fingerprint density at radius 1 is 1.47 bits per heavy atom. The number of ether oxygens (including phenoxy) is 1. The van der Waals surface area contributed by atoms with Gasteiger partial charge in [-0.2, -0.15) is 0 Å². The third kappa shape index (κ3) is 2.71. The van der Waals surface area contributed by atoms with E-state index in [0.717, 1.165) is 12.8 Å². The van der Waals surface area contributed by atoms with Crippen molar-refractivity contribution in [3.8, 4) is 0 Å². The highest BCUT2D eigenvalue weighted by Gasteiger charge is 2.44. The zero-order valence-electron chi connectivity index (χ0n) is 10.2. The van der Waals surface area contributed by atoms with E-state index in [1.54, 1.807) is 0 Å². The van der Waals surface area contributed by atoms with Gasteiger partial charge in [-0.3, -0.25) is 4.79 Å². The van der Waals surface area contributed by atoms with E-state index < -0.39 is 11.0 Å². The third-order valence-electron chi connectivity index (χ3n) is 3.58. The van der Waals surface area contributed by atoms with Crippen LogP contribution in [0.25, 0.3) is 0 Å². The van der Waals surface area contributed by atoms with Gasteiger partial charge in [-0.1, -0.05) is 13.8 Å². The van der Waals surface area contributed by atoms with Crippen molar-refractivity contribution in [1.29, 1.82) is 0 Å². The number of rotatable bonds is 4. The van der Waals surface area contributed by atoms with Gasteiger partial charge in [0.2, 0.25) is 0 Å². The minimum Gasteiger partial charge on any atom is -0.462 e. The maximum atomic E-state index is 11.7. The largest absolute Gasteiger partial charge is 0.462 e. The average Bonchev–Trinajstić information content (AvgIpc) is 2.14. The molecule has 0 spiro atoms. The molecule has 0 heterocycles. The smallest absolute Gasteiger partial charge is 0.311 e. The molecule has 0 unspecified atom stereocenters. The SMILES string of the molecule is CCC1(O)CC(OC(=O)C(C)(C)CC)C1. The molecular weight excluding hydrogens is 192 g/mol. The molecule has 0 aliphatic heterocycles. The van der Waals surface area contributed by atoms with E-state index in [1.807, 2.05) is 27.7 Å². The first-order chi connectivity index (χ1) is 6.83. The zero-order chi connectivity index (χ0) is 11.7. The Balaban J connectivity index is 2.37. The molecule has 1 aliphatic rings. The van der Waals surface area contributed by atoms with Crippen LogP contribution in [0.5, 0.6) is 0 Å². The van der Waals surface area contributed by atoms with E-state index >= 15 is 0 Å². The maximum Gasteiger partial charge on any atom is 0.311 e. The summed E-state index contributed by atoms with van der Waals surface area (Å²) in [6, 6.07) is 0. The molecule has 88 valence electrons. The van der Waals surface area contributed by atoms with Crippen LogP contribution in [0, 0.1) is 5.41 Å². The average molecular weight is 214 g/mol. The number of esters is 1. The van der Waals surface area contributed by atoms with E-state index in [-0.39, 0.29) is 12.1 Å². The summed E-state index contributed by atoms with van der Waals surface area (Å²) in [6.45, 7) is 7.71. The Kier molecular flexibility index (Phi) is 3.44. The Bertz CT molecular complexity index is 239. The summed E-state index contributed by atoms with van der Waals surface area (Å²) in [5.74, 6) is -0.145. The fourth-order valence-corrected chi connectivity index (χ4v) is 1.62. The predicted octanol–water partition coefficient (Wildman–Crippen LogP) is 2.27. The number of aliphatic hydroxyl groups is 1. The zero-order valence-corrected chi connectivity index (χ0v) is 10.2. The first kappa shape index (κ1) is 12.5. The molecule has 0 atom stereocenters. The van der Waals surface area contributed by atoms with Gasteiger partial charge < -0.3 is 9.84 Å². The van der Waals surface area contributed by atoms with Crippen LogP contribution in [-0.2, 0) is 9.53 Å². The Labute approximate surface area is 91.8 Å². The molecule has 1 aliphatic carbocycles. The monoisotopic (exact) mass is 214 g/mol. The molecule has 0 aromatic carbocycles. The highest BCUT2D eigenvalue weighted by molar-refractivity contribution is 5.76. The van der Waals surface area contributed by atoms with Gasteiger partial charge >= 0.3 is 5.97 Å². The van der Waals surface area contributed by atoms with E-state index in [1.165, 1.54) is 0 Å². The topological polar surface area (TPSA) is 46.5 Å². The van der Waals surface area contributed by atoms with Crippen molar-refractivity contribution in [1.82, 2.24) is 0 Å². The Hall–Kier alpha value is -0.570. The molecule has 0 saturated heterocycles. The fourth-order valence-electron chi connectivity index (χ4n) is 1.62. The molecule has 3 nitrogen and oxygen atoms in total. The van der Waals surface area contributed by atoms with Gasteiger partial charge in [0.05, 0.1) is 11.0 Å². The van der Waals surface area contributed by atoms with Crippen molar-refractivity contribution < 1.29 is 14.6 Å². The van der Waals surface area contributed by atoms with E-state index in [4.69, 9.17) is 4.74 Å². The molecule has 1 rings (SSSR count). The van der Waals surface area contributed by atoms with Gasteiger partial charge in [-0.15, -0.1) is 0 Å². The number of carbonyl (C=O) groups excluding carboxylic acids is 1. The van der Waals surface area contributed by atoms with Gasteiger partial charge in [-0.25, -0.2) is 0 Å². The van der Waals surface area contributed by atoms with E-state index in [2.05, 4.69) is 0 Å². The predicted molar refractivity (Wildman–Crippen MR) is 58.4 cm³/mol. The number of carbonyl (C=O) groups is 1. The van der Waals surface area contributed by atoms with Gasteiger partial charge in [0.15, 0.2) is 0 Å². The van der Waals surface area contributed by atoms with Gasteiger partial charge in [0.1, 0.15) is 6.10 Å². The second-order valence-corrected chi connectivity index (χ2v) is 5.25. The van der Waals surface area contributed by atoms with Crippen LogP contribution in [0.4, 0.5) is 0 Å². The summed E-state index contributed by atoms with van der Waals surface area (Å²) in [4.78, 5) is 11.7. The van der Waals surface area contributed by atoms with Crippen LogP contribution in [0.3, 0.4) is 0 Å². The van der Waals surface area contributed by atoms with Crippen molar-refractivity contribution in [3.05, 3.63) is 0 Å². The lowest BCUT2D eigenvalue weighted by Crippen LogP contribution is -2.49. The molecule has 1 fully saturated rings. The van der Waals surface area contributed by atoms with Crippen LogP contribution in [0.15, 0.2) is 0 Å². The van der Waals surface area contributed by atoms with E-state index in [0.29, 0.717) is 12.8 Å². The fraction of sp³-hybridized carbons (Fsp3) is 0.917. The second-order valence-electron chi connectivity index (χ2n) is 5.25. The second kappa shape index (κ2) is 4.12. The van der Waals surface area contributed by atoms with Gasteiger partial charge in [-0.05, 0) is 26.7 Å². The molecule has 3 heteroatoms. The molecule has 0 aromatic heterocycles. The third-order valence-corrected chi connectivity index (χ3v) is 3.58. The summed E-state index contributed by atoms with van der Waals surface area (Å²) in [6.07, 6.45) is 2.62. The first-order valence-corrected chi connectivity index (χ1v) is 5.76. The normalized spacial score (nSPS) is 30.9. The lowest BCUT2D eigenvalue weighted by molar-refractivity contribution is -0.182. The molecule has 0 radical (unpaired) electrons. The van der Waals surface area contributed by atoms with Crippen LogP contribution in [0.2, 0.25) is 0 Å². The molecule has 0 bridgehead atoms. The van der Waals surface area contributed by atoms with Crippen LogP contribution >= 0.6 is 0 Å². The maximum absolute atomic E-state index is 11.7. The summed E-state index contributed by atoms with van der Waals surface area (Å²) in [7, 11) is 0.